The topological polar surface area (TPSA) is 38.3 Å². The molecule has 1 saturated heterocycles. The van der Waals surface area contributed by atoms with Crippen molar-refractivity contribution in [1.82, 2.24) is 5.32 Å². The average molecular weight is 155 g/mol. The first-order valence-corrected chi connectivity index (χ1v) is 4.27. The first-order valence-electron chi connectivity index (χ1n) is 4.27. The lowest BCUT2D eigenvalue weighted by atomic mass is 10.3. The number of esters is 1. The van der Waals surface area contributed by atoms with Gasteiger partial charge in [0.05, 0.1) is 5.92 Å². The molecule has 2 rings (SSSR count). The zero-order valence-electron chi connectivity index (χ0n) is 6.51. The van der Waals surface area contributed by atoms with Gasteiger partial charge in [0.1, 0.15) is 6.10 Å². The fourth-order valence-corrected chi connectivity index (χ4v) is 1.31. The normalized spacial score (nSPS) is 30.4. The molecule has 0 aromatic heterocycles. The van der Waals surface area contributed by atoms with Gasteiger partial charge in [0.2, 0.25) is 0 Å². The van der Waals surface area contributed by atoms with Crippen LogP contribution in [-0.2, 0) is 9.53 Å². The highest BCUT2D eigenvalue weighted by molar-refractivity contribution is 5.75. The van der Waals surface area contributed by atoms with Crippen LogP contribution >= 0.6 is 0 Å². The first-order chi connectivity index (χ1) is 5.36. The minimum absolute atomic E-state index is 0.0266. The Labute approximate surface area is 66.1 Å². The summed E-state index contributed by atoms with van der Waals surface area (Å²) < 4.78 is 5.23. The van der Waals surface area contributed by atoms with Gasteiger partial charge in [0.25, 0.3) is 0 Å². The molecule has 0 unspecified atom stereocenters. The molecule has 1 saturated carbocycles. The summed E-state index contributed by atoms with van der Waals surface area (Å²) in [4.78, 5) is 11.1. The zero-order chi connectivity index (χ0) is 7.68. The number of hydrogen-bond donors (Lipinski definition) is 1. The lowest BCUT2D eigenvalue weighted by Gasteiger charge is -2.09. The predicted molar refractivity (Wildman–Crippen MR) is 40.1 cm³/mol. The predicted octanol–water partition coefficient (Wildman–Crippen LogP) is 0.301. The fourth-order valence-electron chi connectivity index (χ4n) is 1.31. The molecule has 2 aliphatic rings. The van der Waals surface area contributed by atoms with Gasteiger partial charge >= 0.3 is 5.97 Å². The highest BCUT2D eigenvalue weighted by atomic mass is 16.5. The van der Waals surface area contributed by atoms with E-state index >= 15 is 0 Å². The number of nitrogens with one attached hydrogen (secondary N) is 1. The molecule has 0 radical (unpaired) electrons. The van der Waals surface area contributed by atoms with Crippen LogP contribution < -0.4 is 5.32 Å². The third-order valence-electron chi connectivity index (χ3n) is 2.21. The number of hydrogen-bond acceptors (Lipinski definition) is 3. The molecular formula is C8H13NO2. The van der Waals surface area contributed by atoms with Crippen LogP contribution in [0.15, 0.2) is 0 Å². The smallest absolute Gasteiger partial charge is 0.309 e. The molecule has 1 N–H and O–H groups in total. The van der Waals surface area contributed by atoms with E-state index in [0.717, 1.165) is 32.4 Å². The van der Waals surface area contributed by atoms with E-state index in [4.69, 9.17) is 4.74 Å². The van der Waals surface area contributed by atoms with E-state index in [1.54, 1.807) is 0 Å². The Kier molecular flexibility index (Phi) is 1.82. The molecule has 1 heterocycles. The number of carbonyl (C=O) groups is 1. The summed E-state index contributed by atoms with van der Waals surface area (Å²) in [6.45, 7) is 1.83. The summed E-state index contributed by atoms with van der Waals surface area (Å²) in [5, 5.41) is 3.16. The van der Waals surface area contributed by atoms with E-state index < -0.39 is 0 Å². The highest BCUT2D eigenvalue weighted by Crippen LogP contribution is 2.30. The minimum atomic E-state index is 0.0266. The quantitative estimate of drug-likeness (QED) is 0.583. The van der Waals surface area contributed by atoms with Crippen molar-refractivity contribution in [2.75, 3.05) is 13.1 Å². The van der Waals surface area contributed by atoms with Crippen LogP contribution in [0.4, 0.5) is 0 Å². The van der Waals surface area contributed by atoms with Gasteiger partial charge in [0, 0.05) is 6.54 Å². The van der Waals surface area contributed by atoms with Gasteiger partial charge in [-0.25, -0.2) is 0 Å². The maximum absolute atomic E-state index is 11.1. The molecule has 3 nitrogen and oxygen atoms in total. The second-order valence-corrected chi connectivity index (χ2v) is 3.33. The SMILES string of the molecule is O=C(O[C@H]1CCNC1)C1CC1. The van der Waals surface area contributed by atoms with E-state index in [1.807, 2.05) is 0 Å². The van der Waals surface area contributed by atoms with E-state index in [-0.39, 0.29) is 18.0 Å². The fraction of sp³-hybridized carbons (Fsp3) is 0.875. The molecule has 0 bridgehead atoms. The van der Waals surface area contributed by atoms with Crippen molar-refractivity contribution in [3.63, 3.8) is 0 Å². The second kappa shape index (κ2) is 2.81. The first kappa shape index (κ1) is 7.10. The average Bonchev–Trinajstić information content (AvgIpc) is 2.73. The van der Waals surface area contributed by atoms with Gasteiger partial charge in [0.15, 0.2) is 0 Å². The van der Waals surface area contributed by atoms with Crippen LogP contribution in [0, 0.1) is 5.92 Å². The van der Waals surface area contributed by atoms with E-state index in [9.17, 15) is 4.79 Å². The summed E-state index contributed by atoms with van der Waals surface area (Å²) in [7, 11) is 0. The summed E-state index contributed by atoms with van der Waals surface area (Å²) >= 11 is 0. The number of ether oxygens (including phenoxy) is 1. The molecule has 2 fully saturated rings. The standard InChI is InChI=1S/C8H13NO2/c10-8(6-1-2-6)11-7-3-4-9-5-7/h6-7,9H,1-5H2/t7-/m0/s1. The van der Waals surface area contributed by atoms with Crippen molar-refractivity contribution >= 4 is 5.97 Å². The van der Waals surface area contributed by atoms with Crippen molar-refractivity contribution in [1.29, 1.82) is 0 Å². The van der Waals surface area contributed by atoms with E-state index in [1.165, 1.54) is 0 Å². The molecule has 0 spiro atoms. The third-order valence-corrected chi connectivity index (χ3v) is 2.21. The zero-order valence-corrected chi connectivity index (χ0v) is 6.51. The maximum Gasteiger partial charge on any atom is 0.309 e. The lowest BCUT2D eigenvalue weighted by molar-refractivity contribution is -0.149. The monoisotopic (exact) mass is 155 g/mol. The molecule has 0 aromatic carbocycles. The number of rotatable bonds is 2. The van der Waals surface area contributed by atoms with Gasteiger partial charge in [-0.1, -0.05) is 0 Å². The molecule has 0 amide bonds. The Bertz CT molecular complexity index is 159. The molecular weight excluding hydrogens is 142 g/mol. The summed E-state index contributed by atoms with van der Waals surface area (Å²) in [6, 6.07) is 0. The van der Waals surface area contributed by atoms with Crippen LogP contribution in [0.2, 0.25) is 0 Å². The van der Waals surface area contributed by atoms with Crippen molar-refractivity contribution in [2.45, 2.75) is 25.4 Å². The van der Waals surface area contributed by atoms with Gasteiger partial charge in [-0.2, -0.15) is 0 Å². The second-order valence-electron chi connectivity index (χ2n) is 3.33. The maximum atomic E-state index is 11.1. The van der Waals surface area contributed by atoms with Crippen molar-refractivity contribution in [3.05, 3.63) is 0 Å². The molecule has 1 aliphatic carbocycles. The third kappa shape index (κ3) is 1.71. The molecule has 62 valence electrons. The van der Waals surface area contributed by atoms with Crippen LogP contribution in [0.3, 0.4) is 0 Å². The van der Waals surface area contributed by atoms with Gasteiger partial charge < -0.3 is 10.1 Å². The molecule has 1 aliphatic heterocycles. The molecule has 1 atom stereocenters. The molecule has 11 heavy (non-hydrogen) atoms. The summed E-state index contributed by atoms with van der Waals surface area (Å²) in [6.07, 6.45) is 3.22. The van der Waals surface area contributed by atoms with Crippen molar-refractivity contribution in [2.24, 2.45) is 5.92 Å². The summed E-state index contributed by atoms with van der Waals surface area (Å²) in [5.41, 5.74) is 0. The molecule has 0 aromatic rings. The minimum Gasteiger partial charge on any atom is -0.461 e. The van der Waals surface area contributed by atoms with Crippen LogP contribution in [-0.4, -0.2) is 25.2 Å². The highest BCUT2D eigenvalue weighted by Gasteiger charge is 2.33. The van der Waals surface area contributed by atoms with Gasteiger partial charge in [-0.05, 0) is 25.8 Å². The summed E-state index contributed by atoms with van der Waals surface area (Å²) in [5.74, 6) is 0.272. The Morgan fingerprint density at radius 2 is 2.18 bits per heavy atom. The van der Waals surface area contributed by atoms with Crippen molar-refractivity contribution < 1.29 is 9.53 Å². The van der Waals surface area contributed by atoms with Crippen molar-refractivity contribution in [3.8, 4) is 0 Å². The van der Waals surface area contributed by atoms with Gasteiger partial charge in [-0.3, -0.25) is 4.79 Å². The van der Waals surface area contributed by atoms with Crippen LogP contribution in [0.5, 0.6) is 0 Å². The van der Waals surface area contributed by atoms with Crippen LogP contribution in [0.1, 0.15) is 19.3 Å². The lowest BCUT2D eigenvalue weighted by Crippen LogP contribution is -2.21. The van der Waals surface area contributed by atoms with E-state index in [2.05, 4.69) is 5.32 Å². The van der Waals surface area contributed by atoms with Crippen LogP contribution in [0.25, 0.3) is 0 Å². The van der Waals surface area contributed by atoms with Gasteiger partial charge in [-0.15, -0.1) is 0 Å². The van der Waals surface area contributed by atoms with E-state index in [0.29, 0.717) is 0 Å². The number of carbonyl (C=O) groups excluding carboxylic acids is 1. The largest absolute Gasteiger partial charge is 0.461 e. The Morgan fingerprint density at radius 3 is 2.73 bits per heavy atom. The molecule has 3 heteroatoms. The Balaban J connectivity index is 1.74. The Hall–Kier alpha value is -0.570. The Morgan fingerprint density at radius 1 is 1.36 bits per heavy atom.